The van der Waals surface area contributed by atoms with Gasteiger partial charge in [-0.2, -0.15) is 0 Å². The van der Waals surface area contributed by atoms with Gasteiger partial charge in [-0.05, 0) is 28.4 Å². The largest absolute Gasteiger partial charge is 0.342 e. The highest BCUT2D eigenvalue weighted by molar-refractivity contribution is 9.10. The summed E-state index contributed by atoms with van der Waals surface area (Å²) in [5, 5.41) is 2.82. The molecule has 0 atom stereocenters. The molecule has 0 aromatic carbocycles. The van der Waals surface area contributed by atoms with Crippen molar-refractivity contribution in [3.05, 3.63) is 40.0 Å². The Kier molecular flexibility index (Phi) is 4.55. The molecule has 0 spiro atoms. The molecule has 2 rings (SSSR count). The van der Waals surface area contributed by atoms with Crippen LogP contribution in [0.4, 0.5) is 5.82 Å². The van der Waals surface area contributed by atoms with Gasteiger partial charge in [-0.1, -0.05) is 18.5 Å². The lowest BCUT2D eigenvalue weighted by atomic mass is 10.3. The van der Waals surface area contributed by atoms with Crippen LogP contribution in [0, 0.1) is 0 Å². The molecule has 0 aliphatic rings. The smallest absolute Gasteiger partial charge is 0.273 e. The van der Waals surface area contributed by atoms with E-state index in [1.54, 1.807) is 6.07 Å². The SMILES string of the molecule is CCCn1cc(Br)cc1C(=O)Nc1nccnc1Cl. The Labute approximate surface area is 124 Å². The van der Waals surface area contributed by atoms with Crippen LogP contribution in [0.2, 0.25) is 5.15 Å². The van der Waals surface area contributed by atoms with Crippen molar-refractivity contribution in [2.45, 2.75) is 19.9 Å². The van der Waals surface area contributed by atoms with E-state index in [4.69, 9.17) is 11.6 Å². The monoisotopic (exact) mass is 342 g/mol. The maximum Gasteiger partial charge on any atom is 0.273 e. The summed E-state index contributed by atoms with van der Waals surface area (Å²) in [7, 11) is 0. The minimum Gasteiger partial charge on any atom is -0.342 e. The number of nitrogens with zero attached hydrogens (tertiary/aromatic N) is 3. The molecule has 100 valence electrons. The average molecular weight is 344 g/mol. The minimum atomic E-state index is -0.262. The molecule has 0 fully saturated rings. The van der Waals surface area contributed by atoms with Gasteiger partial charge in [0.2, 0.25) is 0 Å². The third kappa shape index (κ3) is 3.33. The van der Waals surface area contributed by atoms with E-state index >= 15 is 0 Å². The molecular formula is C12H12BrClN4O. The van der Waals surface area contributed by atoms with E-state index in [9.17, 15) is 4.79 Å². The Bertz CT molecular complexity index is 599. The van der Waals surface area contributed by atoms with Crippen molar-refractivity contribution in [1.82, 2.24) is 14.5 Å². The summed E-state index contributed by atoms with van der Waals surface area (Å²) in [5.74, 6) is -0.00362. The summed E-state index contributed by atoms with van der Waals surface area (Å²) >= 11 is 9.22. The van der Waals surface area contributed by atoms with Crippen LogP contribution in [-0.2, 0) is 6.54 Å². The summed E-state index contributed by atoms with van der Waals surface area (Å²) < 4.78 is 2.74. The van der Waals surface area contributed by atoms with Crippen molar-refractivity contribution in [1.29, 1.82) is 0 Å². The van der Waals surface area contributed by atoms with Gasteiger partial charge in [0, 0.05) is 29.6 Å². The zero-order valence-electron chi connectivity index (χ0n) is 10.2. The zero-order chi connectivity index (χ0) is 13.8. The number of hydrogen-bond acceptors (Lipinski definition) is 3. The maximum atomic E-state index is 12.2. The fourth-order valence-electron chi connectivity index (χ4n) is 1.67. The predicted octanol–water partition coefficient (Wildman–Crippen LogP) is 3.36. The first-order valence-electron chi connectivity index (χ1n) is 5.75. The molecule has 5 nitrogen and oxygen atoms in total. The van der Waals surface area contributed by atoms with Gasteiger partial charge >= 0.3 is 0 Å². The first-order chi connectivity index (χ1) is 9.11. The second-order valence-corrected chi connectivity index (χ2v) is 5.16. The molecule has 1 N–H and O–H groups in total. The maximum absolute atomic E-state index is 12.2. The van der Waals surface area contributed by atoms with Crippen molar-refractivity contribution < 1.29 is 4.79 Å². The van der Waals surface area contributed by atoms with E-state index in [1.807, 2.05) is 10.8 Å². The number of carbonyl (C=O) groups is 1. The van der Waals surface area contributed by atoms with Crippen molar-refractivity contribution in [2.75, 3.05) is 5.32 Å². The van der Waals surface area contributed by atoms with Gasteiger partial charge in [0.05, 0.1) is 0 Å². The lowest BCUT2D eigenvalue weighted by Crippen LogP contribution is -2.17. The Morgan fingerprint density at radius 3 is 2.89 bits per heavy atom. The van der Waals surface area contributed by atoms with Crippen LogP contribution in [0.25, 0.3) is 0 Å². The first kappa shape index (κ1) is 14.0. The van der Waals surface area contributed by atoms with Gasteiger partial charge in [0.1, 0.15) is 5.69 Å². The van der Waals surface area contributed by atoms with E-state index < -0.39 is 0 Å². The number of nitrogens with one attached hydrogen (secondary N) is 1. The second kappa shape index (κ2) is 6.16. The zero-order valence-corrected chi connectivity index (χ0v) is 12.6. The third-order valence-corrected chi connectivity index (χ3v) is 3.16. The van der Waals surface area contributed by atoms with E-state index in [2.05, 4.69) is 38.1 Å². The number of halogens is 2. The molecule has 2 heterocycles. The van der Waals surface area contributed by atoms with E-state index in [1.165, 1.54) is 12.4 Å². The fraction of sp³-hybridized carbons (Fsp3) is 0.250. The van der Waals surface area contributed by atoms with Crippen LogP contribution < -0.4 is 5.32 Å². The highest BCUT2D eigenvalue weighted by atomic mass is 79.9. The molecule has 0 saturated heterocycles. The molecule has 2 aromatic heterocycles. The number of aryl methyl sites for hydroxylation is 1. The van der Waals surface area contributed by atoms with Crippen molar-refractivity contribution >= 4 is 39.3 Å². The molecule has 0 saturated carbocycles. The Morgan fingerprint density at radius 1 is 1.47 bits per heavy atom. The van der Waals surface area contributed by atoms with Crippen molar-refractivity contribution in [3.8, 4) is 0 Å². The van der Waals surface area contributed by atoms with Gasteiger partial charge in [0.25, 0.3) is 5.91 Å². The van der Waals surface area contributed by atoms with E-state index in [0.29, 0.717) is 5.69 Å². The van der Waals surface area contributed by atoms with Crippen LogP contribution in [0.3, 0.4) is 0 Å². The molecule has 7 heteroatoms. The van der Waals surface area contributed by atoms with E-state index in [0.717, 1.165) is 17.4 Å². The topological polar surface area (TPSA) is 59.8 Å². The second-order valence-electron chi connectivity index (χ2n) is 3.89. The molecule has 0 aliphatic heterocycles. The van der Waals surface area contributed by atoms with Crippen LogP contribution in [0.5, 0.6) is 0 Å². The summed E-state index contributed by atoms with van der Waals surface area (Å²) in [6.07, 6.45) is 5.75. The van der Waals surface area contributed by atoms with Crippen molar-refractivity contribution in [3.63, 3.8) is 0 Å². The number of anilines is 1. The highest BCUT2D eigenvalue weighted by Crippen LogP contribution is 2.19. The summed E-state index contributed by atoms with van der Waals surface area (Å²) in [5.41, 5.74) is 0.551. The van der Waals surface area contributed by atoms with Gasteiger partial charge in [-0.25, -0.2) is 9.97 Å². The number of aromatic nitrogens is 3. The Morgan fingerprint density at radius 2 is 2.21 bits per heavy atom. The molecule has 0 radical (unpaired) electrons. The van der Waals surface area contributed by atoms with Crippen LogP contribution >= 0.6 is 27.5 Å². The lowest BCUT2D eigenvalue weighted by molar-refractivity contribution is 0.101. The standard InChI is InChI=1S/C12H12BrClN4O/c1-2-5-18-7-8(13)6-9(18)12(19)17-11-10(14)15-3-4-16-11/h3-4,6-7H,2,5H2,1H3,(H,16,17,19). The minimum absolute atomic E-state index is 0.170. The molecule has 1 amide bonds. The molecule has 0 unspecified atom stereocenters. The molecular weight excluding hydrogens is 332 g/mol. The fourth-order valence-corrected chi connectivity index (χ4v) is 2.28. The predicted molar refractivity (Wildman–Crippen MR) is 77.4 cm³/mol. The van der Waals surface area contributed by atoms with Gasteiger partial charge in [-0.15, -0.1) is 0 Å². The van der Waals surface area contributed by atoms with Gasteiger partial charge in [-0.3, -0.25) is 4.79 Å². The summed E-state index contributed by atoms with van der Waals surface area (Å²) in [4.78, 5) is 20.0. The van der Waals surface area contributed by atoms with Gasteiger partial charge in [0.15, 0.2) is 11.0 Å². The molecule has 19 heavy (non-hydrogen) atoms. The van der Waals surface area contributed by atoms with Gasteiger partial charge < -0.3 is 9.88 Å². The Balaban J connectivity index is 2.23. The number of hydrogen-bond donors (Lipinski definition) is 1. The molecule has 0 aliphatic carbocycles. The third-order valence-electron chi connectivity index (χ3n) is 2.45. The van der Waals surface area contributed by atoms with Crippen LogP contribution in [0.15, 0.2) is 29.1 Å². The van der Waals surface area contributed by atoms with Crippen molar-refractivity contribution in [2.24, 2.45) is 0 Å². The highest BCUT2D eigenvalue weighted by Gasteiger charge is 2.15. The van der Waals surface area contributed by atoms with E-state index in [-0.39, 0.29) is 16.9 Å². The summed E-state index contributed by atoms with van der Waals surface area (Å²) in [6, 6.07) is 1.76. The van der Waals surface area contributed by atoms with Crippen LogP contribution in [0.1, 0.15) is 23.8 Å². The summed E-state index contributed by atoms with van der Waals surface area (Å²) in [6.45, 7) is 2.82. The van der Waals surface area contributed by atoms with Crippen LogP contribution in [-0.4, -0.2) is 20.4 Å². The first-order valence-corrected chi connectivity index (χ1v) is 6.92. The average Bonchev–Trinajstić information content (AvgIpc) is 2.74. The lowest BCUT2D eigenvalue weighted by Gasteiger charge is -2.08. The normalized spacial score (nSPS) is 10.5. The quantitative estimate of drug-likeness (QED) is 0.926. The number of rotatable bonds is 4. The molecule has 0 bridgehead atoms. The number of amides is 1. The number of carbonyl (C=O) groups excluding carboxylic acids is 1. The molecule has 2 aromatic rings. The Hall–Kier alpha value is -1.40.